The van der Waals surface area contributed by atoms with Gasteiger partial charge in [0.05, 0.1) is 0 Å². The molecule has 0 spiro atoms. The van der Waals surface area contributed by atoms with Gasteiger partial charge in [0.1, 0.15) is 13.2 Å². The molecule has 6 nitrogen and oxygen atoms in total. The lowest BCUT2D eigenvalue weighted by atomic mass is 10.0. The molecule has 0 unspecified atom stereocenters. The van der Waals surface area contributed by atoms with Crippen molar-refractivity contribution in [1.82, 2.24) is 0 Å². The average Bonchev–Trinajstić information content (AvgIpc) is 3.26. The summed E-state index contributed by atoms with van der Waals surface area (Å²) in [4.78, 5) is 38.0. The molecule has 0 aliphatic heterocycles. The molecule has 61 heavy (non-hydrogen) atoms. The number of ether oxygens (including phenoxy) is 3. The first-order valence-electron chi connectivity index (χ1n) is 26.1. The zero-order valence-corrected chi connectivity index (χ0v) is 40.4. The van der Waals surface area contributed by atoms with Crippen molar-refractivity contribution in [2.75, 3.05) is 13.2 Å². The van der Waals surface area contributed by atoms with Crippen LogP contribution in [0.25, 0.3) is 0 Å². The van der Waals surface area contributed by atoms with Crippen LogP contribution >= 0.6 is 0 Å². The molecule has 0 bridgehead atoms. The number of carbonyl (C=O) groups excluding carboxylic acids is 3. The van der Waals surface area contributed by atoms with E-state index in [1.165, 1.54) is 122 Å². The van der Waals surface area contributed by atoms with E-state index < -0.39 is 6.10 Å². The molecule has 0 aliphatic carbocycles. The lowest BCUT2D eigenvalue weighted by Crippen LogP contribution is -2.30. The highest BCUT2D eigenvalue weighted by Crippen LogP contribution is 2.15. The number of rotatable bonds is 47. The average molecular weight is 855 g/mol. The second-order valence-corrected chi connectivity index (χ2v) is 17.4. The highest BCUT2D eigenvalue weighted by atomic mass is 16.6. The number of allylic oxidation sites excluding steroid dienone is 8. The Morgan fingerprint density at radius 3 is 0.984 bits per heavy atom. The quantitative estimate of drug-likeness (QED) is 0.0263. The van der Waals surface area contributed by atoms with Gasteiger partial charge in [-0.2, -0.15) is 0 Å². The second kappa shape index (κ2) is 50.0. The molecule has 1 atom stereocenters. The molecule has 354 valence electrons. The van der Waals surface area contributed by atoms with Crippen molar-refractivity contribution in [3.63, 3.8) is 0 Å². The first-order valence-corrected chi connectivity index (χ1v) is 26.1. The van der Waals surface area contributed by atoms with E-state index >= 15 is 0 Å². The smallest absolute Gasteiger partial charge is 0.306 e. The van der Waals surface area contributed by atoms with E-state index in [0.717, 1.165) is 103 Å². The fourth-order valence-electron chi connectivity index (χ4n) is 7.31. The van der Waals surface area contributed by atoms with Gasteiger partial charge in [-0.15, -0.1) is 0 Å². The Balaban J connectivity index is 4.40. The molecule has 0 radical (unpaired) electrons. The summed E-state index contributed by atoms with van der Waals surface area (Å²) >= 11 is 0. The minimum absolute atomic E-state index is 0.0812. The predicted octanol–water partition coefficient (Wildman–Crippen LogP) is 17.1. The highest BCUT2D eigenvalue weighted by molar-refractivity contribution is 5.71. The molecule has 0 aromatic heterocycles. The molecule has 0 amide bonds. The van der Waals surface area contributed by atoms with Crippen LogP contribution in [-0.4, -0.2) is 37.2 Å². The van der Waals surface area contributed by atoms with Crippen molar-refractivity contribution < 1.29 is 28.6 Å². The summed E-state index contributed by atoms with van der Waals surface area (Å²) < 4.78 is 16.8. The van der Waals surface area contributed by atoms with E-state index in [-0.39, 0.29) is 31.1 Å². The monoisotopic (exact) mass is 855 g/mol. The van der Waals surface area contributed by atoms with E-state index in [4.69, 9.17) is 14.2 Å². The summed E-state index contributed by atoms with van der Waals surface area (Å²) in [5, 5.41) is 0. The minimum atomic E-state index is -0.783. The number of unbranched alkanes of at least 4 members (excludes halogenated alkanes) is 28. The maximum Gasteiger partial charge on any atom is 0.306 e. The van der Waals surface area contributed by atoms with Gasteiger partial charge < -0.3 is 14.2 Å². The molecular weight excluding hydrogens is 757 g/mol. The molecule has 0 fully saturated rings. The van der Waals surface area contributed by atoms with Crippen LogP contribution in [-0.2, 0) is 28.6 Å². The van der Waals surface area contributed by atoms with Gasteiger partial charge >= 0.3 is 17.9 Å². The van der Waals surface area contributed by atoms with Crippen molar-refractivity contribution in [3.8, 4) is 0 Å². The molecule has 0 heterocycles. The first kappa shape index (κ1) is 58.4. The summed E-state index contributed by atoms with van der Waals surface area (Å²) in [6.45, 7) is 6.56. The van der Waals surface area contributed by atoms with Crippen LogP contribution in [0, 0.1) is 0 Å². The number of carbonyl (C=O) groups is 3. The molecule has 0 saturated heterocycles. The Kier molecular flexibility index (Phi) is 47.9. The van der Waals surface area contributed by atoms with Gasteiger partial charge in [0.25, 0.3) is 0 Å². The Hall–Kier alpha value is -2.63. The van der Waals surface area contributed by atoms with Crippen LogP contribution in [0.2, 0.25) is 0 Å². The van der Waals surface area contributed by atoms with Gasteiger partial charge in [0.15, 0.2) is 6.10 Å². The van der Waals surface area contributed by atoms with Crippen molar-refractivity contribution >= 4 is 17.9 Å². The van der Waals surface area contributed by atoms with E-state index in [2.05, 4.69) is 69.4 Å². The minimum Gasteiger partial charge on any atom is -0.462 e. The van der Waals surface area contributed by atoms with Gasteiger partial charge in [0.2, 0.25) is 0 Å². The lowest BCUT2D eigenvalue weighted by molar-refractivity contribution is -0.167. The third kappa shape index (κ3) is 48.3. The standard InChI is InChI=1S/C55H98O6/c1-4-7-10-13-16-19-22-25-28-31-33-36-39-42-45-48-54(57)60-51-52(61-55(58)49-46-43-40-37-34-30-27-24-21-18-15-12-9-6-3)50-59-53(56)47-44-41-38-35-32-29-26-23-20-17-14-11-8-5-2/h15-16,18-19,24-25,27-28,52H,4-14,17,20-23,26,29-51H2,1-3H3/b18-15-,19-16-,27-24-,28-25-/t52-/m1/s1. The van der Waals surface area contributed by atoms with Gasteiger partial charge in [-0.3, -0.25) is 14.4 Å². The van der Waals surface area contributed by atoms with Gasteiger partial charge in [0, 0.05) is 19.3 Å². The zero-order valence-electron chi connectivity index (χ0n) is 40.4. The zero-order chi connectivity index (χ0) is 44.4. The topological polar surface area (TPSA) is 78.9 Å². The SMILES string of the molecule is CCCC/C=C\C/C=C\CCCCCCCC(=O)O[C@@H](COC(=O)CCCCCCC/C=C\C/C=C\CCCCC)COC(=O)CCCCCCCCCCCCCCCC. The van der Waals surface area contributed by atoms with Crippen LogP contribution in [0.3, 0.4) is 0 Å². The van der Waals surface area contributed by atoms with Gasteiger partial charge in [-0.1, -0.05) is 217 Å². The van der Waals surface area contributed by atoms with Crippen molar-refractivity contribution in [2.24, 2.45) is 0 Å². The van der Waals surface area contributed by atoms with E-state index in [1.54, 1.807) is 0 Å². The Morgan fingerprint density at radius 1 is 0.328 bits per heavy atom. The number of esters is 3. The van der Waals surface area contributed by atoms with Crippen LogP contribution in [0.15, 0.2) is 48.6 Å². The normalized spacial score (nSPS) is 12.4. The summed E-state index contributed by atoms with van der Waals surface area (Å²) in [7, 11) is 0. The van der Waals surface area contributed by atoms with Crippen LogP contribution in [0.4, 0.5) is 0 Å². The Bertz CT molecular complexity index is 1070. The second-order valence-electron chi connectivity index (χ2n) is 17.4. The van der Waals surface area contributed by atoms with Crippen LogP contribution < -0.4 is 0 Å². The molecule has 6 heteroatoms. The van der Waals surface area contributed by atoms with Crippen LogP contribution in [0.1, 0.15) is 265 Å². The van der Waals surface area contributed by atoms with E-state index in [1.807, 2.05) is 0 Å². The Labute approximate surface area is 378 Å². The first-order chi connectivity index (χ1) is 30.0. The van der Waals surface area contributed by atoms with Gasteiger partial charge in [-0.25, -0.2) is 0 Å². The Morgan fingerprint density at radius 2 is 0.607 bits per heavy atom. The fraction of sp³-hybridized carbons (Fsp3) is 0.800. The van der Waals surface area contributed by atoms with E-state index in [9.17, 15) is 14.4 Å². The van der Waals surface area contributed by atoms with E-state index in [0.29, 0.717) is 19.3 Å². The maximum atomic E-state index is 12.8. The number of hydrogen-bond donors (Lipinski definition) is 0. The molecular formula is C55H98O6. The third-order valence-corrected chi connectivity index (χ3v) is 11.3. The third-order valence-electron chi connectivity index (χ3n) is 11.3. The van der Waals surface area contributed by atoms with Crippen molar-refractivity contribution in [3.05, 3.63) is 48.6 Å². The number of hydrogen-bond acceptors (Lipinski definition) is 6. The van der Waals surface area contributed by atoms with Crippen LogP contribution in [0.5, 0.6) is 0 Å². The van der Waals surface area contributed by atoms with Crippen molar-refractivity contribution in [1.29, 1.82) is 0 Å². The molecule has 0 aromatic rings. The molecule has 0 saturated carbocycles. The fourth-order valence-corrected chi connectivity index (χ4v) is 7.31. The largest absolute Gasteiger partial charge is 0.462 e. The lowest BCUT2D eigenvalue weighted by Gasteiger charge is -2.18. The molecule has 0 aromatic carbocycles. The summed E-state index contributed by atoms with van der Waals surface area (Å²) in [6.07, 6.45) is 59.4. The predicted molar refractivity (Wildman–Crippen MR) is 261 cm³/mol. The summed E-state index contributed by atoms with van der Waals surface area (Å²) in [5.74, 6) is -0.902. The molecule has 0 N–H and O–H groups in total. The highest BCUT2D eigenvalue weighted by Gasteiger charge is 2.19. The van der Waals surface area contributed by atoms with Gasteiger partial charge in [-0.05, 0) is 77.0 Å². The molecule has 0 rings (SSSR count). The van der Waals surface area contributed by atoms with Crippen molar-refractivity contribution in [2.45, 2.75) is 271 Å². The molecule has 0 aliphatic rings. The maximum absolute atomic E-state index is 12.8. The summed E-state index contributed by atoms with van der Waals surface area (Å²) in [5.41, 5.74) is 0. The summed E-state index contributed by atoms with van der Waals surface area (Å²) in [6, 6.07) is 0.